The Morgan fingerprint density at radius 3 is 2.64 bits per heavy atom. The highest BCUT2D eigenvalue weighted by molar-refractivity contribution is 4.89. The van der Waals surface area contributed by atoms with E-state index in [2.05, 4.69) is 0 Å². The van der Waals surface area contributed by atoms with Gasteiger partial charge in [0.05, 0.1) is 13.0 Å². The fraction of sp³-hybridized carbons (Fsp3) is 0.750. The largest absolute Gasteiger partial charge is 0.434 e. The summed E-state index contributed by atoms with van der Waals surface area (Å²) in [6, 6.07) is 0. The van der Waals surface area contributed by atoms with Crippen molar-refractivity contribution in [2.75, 3.05) is 6.61 Å². The molecule has 0 aromatic rings. The van der Waals surface area contributed by atoms with Crippen molar-refractivity contribution in [2.24, 2.45) is 0 Å². The van der Waals surface area contributed by atoms with Crippen LogP contribution in [0.15, 0.2) is 12.0 Å². The summed E-state index contributed by atoms with van der Waals surface area (Å²) >= 11 is 0. The van der Waals surface area contributed by atoms with Gasteiger partial charge in [-0.1, -0.05) is 6.92 Å². The molecule has 3 heteroatoms. The molecule has 0 aliphatic carbocycles. The summed E-state index contributed by atoms with van der Waals surface area (Å²) in [6.45, 7) is 6.31. The van der Waals surface area contributed by atoms with Crippen molar-refractivity contribution in [1.29, 1.82) is 0 Å². The lowest BCUT2D eigenvalue weighted by Gasteiger charge is -2.25. The van der Waals surface area contributed by atoms with Gasteiger partial charge in [0.25, 0.3) is 0 Å². The number of ether oxygens (including phenoxy) is 3. The third-order valence-electron chi connectivity index (χ3n) is 1.52. The third-order valence-corrected chi connectivity index (χ3v) is 1.52. The Hall–Kier alpha value is -0.700. The number of hydrogen-bond acceptors (Lipinski definition) is 3. The van der Waals surface area contributed by atoms with Crippen molar-refractivity contribution >= 4 is 0 Å². The van der Waals surface area contributed by atoms with E-state index in [-0.39, 0.29) is 0 Å². The summed E-state index contributed by atoms with van der Waals surface area (Å²) in [5.74, 6) is -0.0703. The Balaban J connectivity index is 2.52. The van der Waals surface area contributed by atoms with E-state index < -0.39 is 5.97 Å². The lowest BCUT2D eigenvalue weighted by molar-refractivity contribution is -0.324. The Bertz CT molecular complexity index is 165. The predicted molar refractivity (Wildman–Crippen MR) is 40.6 cm³/mol. The molecule has 64 valence electrons. The Morgan fingerprint density at radius 1 is 1.55 bits per heavy atom. The van der Waals surface area contributed by atoms with Crippen LogP contribution in [-0.2, 0) is 14.2 Å². The molecule has 1 heterocycles. The predicted octanol–water partition coefficient (Wildman–Crippen LogP) is 1.99. The maximum absolute atomic E-state index is 5.36. The second-order valence-corrected chi connectivity index (χ2v) is 2.42. The van der Waals surface area contributed by atoms with Crippen molar-refractivity contribution in [1.82, 2.24) is 0 Å². The Kier molecular flexibility index (Phi) is 2.39. The molecule has 0 aromatic carbocycles. The summed E-state index contributed by atoms with van der Waals surface area (Å²) in [5.41, 5.74) is 0. The van der Waals surface area contributed by atoms with E-state index in [1.54, 1.807) is 6.26 Å². The zero-order chi connectivity index (χ0) is 8.32. The number of rotatable bonds is 3. The normalized spacial score (nSPS) is 29.2. The van der Waals surface area contributed by atoms with Crippen molar-refractivity contribution in [2.45, 2.75) is 33.2 Å². The quantitative estimate of drug-likeness (QED) is 0.628. The third kappa shape index (κ3) is 1.66. The van der Waals surface area contributed by atoms with Gasteiger partial charge in [0.1, 0.15) is 12.0 Å². The molecular weight excluding hydrogens is 144 g/mol. The van der Waals surface area contributed by atoms with Gasteiger partial charge in [-0.15, -0.1) is 0 Å². The fourth-order valence-corrected chi connectivity index (χ4v) is 1.01. The molecule has 1 aliphatic rings. The molecule has 11 heavy (non-hydrogen) atoms. The molecule has 0 saturated heterocycles. The van der Waals surface area contributed by atoms with Crippen LogP contribution in [0.5, 0.6) is 0 Å². The minimum Gasteiger partial charge on any atom is -0.434 e. The van der Waals surface area contributed by atoms with Gasteiger partial charge in [-0.05, 0) is 13.8 Å². The van der Waals surface area contributed by atoms with Crippen LogP contribution < -0.4 is 0 Å². The first kappa shape index (κ1) is 8.40. The lowest BCUT2D eigenvalue weighted by atomic mass is 10.4. The van der Waals surface area contributed by atoms with Gasteiger partial charge < -0.3 is 14.2 Å². The van der Waals surface area contributed by atoms with Crippen LogP contribution in [0.1, 0.15) is 27.2 Å². The van der Waals surface area contributed by atoms with E-state index in [0.717, 1.165) is 5.76 Å². The highest BCUT2D eigenvalue weighted by Gasteiger charge is 2.36. The van der Waals surface area contributed by atoms with Crippen LogP contribution in [0.2, 0.25) is 0 Å². The average molecular weight is 158 g/mol. The molecule has 0 fully saturated rings. The standard InChI is InChI=1S/C8H14O3/c1-4-8(9-5-2)10-6-7(3)11-8/h6H,4-5H2,1-3H3. The van der Waals surface area contributed by atoms with E-state index in [4.69, 9.17) is 14.2 Å². The molecule has 1 rings (SSSR count). The van der Waals surface area contributed by atoms with Crippen LogP contribution in [0.4, 0.5) is 0 Å². The van der Waals surface area contributed by atoms with E-state index >= 15 is 0 Å². The maximum Gasteiger partial charge on any atom is 0.370 e. The molecule has 1 unspecified atom stereocenters. The van der Waals surface area contributed by atoms with Crippen LogP contribution in [0, 0.1) is 0 Å². The topological polar surface area (TPSA) is 27.7 Å². The van der Waals surface area contributed by atoms with Crippen LogP contribution in [0.3, 0.4) is 0 Å². The Morgan fingerprint density at radius 2 is 2.27 bits per heavy atom. The van der Waals surface area contributed by atoms with Gasteiger partial charge in [0.2, 0.25) is 0 Å². The number of allylic oxidation sites excluding steroid dienone is 1. The molecule has 1 atom stereocenters. The molecule has 0 saturated carbocycles. The minimum atomic E-state index is -0.834. The first-order chi connectivity index (χ1) is 5.22. The van der Waals surface area contributed by atoms with E-state index in [0.29, 0.717) is 13.0 Å². The SMILES string of the molecule is CCOC1(CC)OC=C(C)O1. The molecule has 0 bridgehead atoms. The zero-order valence-electron chi connectivity index (χ0n) is 7.22. The molecule has 0 spiro atoms. The Labute approximate surface area is 66.9 Å². The van der Waals surface area contributed by atoms with Crippen LogP contribution in [-0.4, -0.2) is 12.6 Å². The van der Waals surface area contributed by atoms with Crippen molar-refractivity contribution in [3.05, 3.63) is 12.0 Å². The monoisotopic (exact) mass is 158 g/mol. The summed E-state index contributed by atoms with van der Waals surface area (Å²) < 4.78 is 15.9. The number of hydrogen-bond donors (Lipinski definition) is 0. The molecular formula is C8H14O3. The van der Waals surface area contributed by atoms with Crippen molar-refractivity contribution < 1.29 is 14.2 Å². The summed E-state index contributed by atoms with van der Waals surface area (Å²) in [5, 5.41) is 0. The van der Waals surface area contributed by atoms with Crippen LogP contribution in [0.25, 0.3) is 0 Å². The first-order valence-electron chi connectivity index (χ1n) is 3.90. The second-order valence-electron chi connectivity index (χ2n) is 2.42. The zero-order valence-corrected chi connectivity index (χ0v) is 7.22. The summed E-state index contributed by atoms with van der Waals surface area (Å²) in [6.07, 6.45) is 2.27. The van der Waals surface area contributed by atoms with Gasteiger partial charge in [-0.25, -0.2) is 0 Å². The van der Waals surface area contributed by atoms with Gasteiger partial charge >= 0.3 is 5.97 Å². The first-order valence-corrected chi connectivity index (χ1v) is 3.90. The van der Waals surface area contributed by atoms with Crippen molar-refractivity contribution in [3.63, 3.8) is 0 Å². The van der Waals surface area contributed by atoms with Crippen molar-refractivity contribution in [3.8, 4) is 0 Å². The minimum absolute atomic E-state index is 0.592. The van der Waals surface area contributed by atoms with Gasteiger partial charge in [0.15, 0.2) is 0 Å². The highest BCUT2D eigenvalue weighted by Crippen LogP contribution is 2.29. The van der Waals surface area contributed by atoms with Gasteiger partial charge in [-0.3, -0.25) is 0 Å². The maximum atomic E-state index is 5.36. The molecule has 0 amide bonds. The second kappa shape index (κ2) is 3.13. The van der Waals surface area contributed by atoms with Crippen LogP contribution >= 0.6 is 0 Å². The lowest BCUT2D eigenvalue weighted by Crippen LogP contribution is -2.33. The highest BCUT2D eigenvalue weighted by atomic mass is 16.9. The van der Waals surface area contributed by atoms with E-state index in [1.807, 2.05) is 20.8 Å². The summed E-state index contributed by atoms with van der Waals surface area (Å²) in [7, 11) is 0. The summed E-state index contributed by atoms with van der Waals surface area (Å²) in [4.78, 5) is 0. The van der Waals surface area contributed by atoms with Gasteiger partial charge in [-0.2, -0.15) is 0 Å². The molecule has 0 radical (unpaired) electrons. The average Bonchev–Trinajstić information content (AvgIpc) is 2.34. The molecule has 0 N–H and O–H groups in total. The smallest absolute Gasteiger partial charge is 0.370 e. The fourth-order valence-electron chi connectivity index (χ4n) is 1.01. The molecule has 0 aromatic heterocycles. The van der Waals surface area contributed by atoms with E-state index in [9.17, 15) is 0 Å². The molecule has 1 aliphatic heterocycles. The molecule has 3 nitrogen and oxygen atoms in total. The van der Waals surface area contributed by atoms with Gasteiger partial charge in [0, 0.05) is 0 Å². The van der Waals surface area contributed by atoms with E-state index in [1.165, 1.54) is 0 Å².